The fourth-order valence-electron chi connectivity index (χ4n) is 3.85. The van der Waals surface area contributed by atoms with Crippen molar-refractivity contribution >= 4 is 21.8 Å². The van der Waals surface area contributed by atoms with E-state index in [1.807, 2.05) is 18.2 Å². The minimum absolute atomic E-state index is 0.183. The molecule has 1 fully saturated rings. The maximum absolute atomic E-state index is 12.6. The maximum atomic E-state index is 12.6. The van der Waals surface area contributed by atoms with Gasteiger partial charge in [0.05, 0.1) is 4.90 Å². The number of nitrogens with one attached hydrogen (secondary N) is 3. The lowest BCUT2D eigenvalue weighted by Gasteiger charge is -2.27. The van der Waals surface area contributed by atoms with Gasteiger partial charge in [-0.25, -0.2) is 13.1 Å². The number of carbonyl (C=O) groups excluding carboxylic acids is 2. The summed E-state index contributed by atoms with van der Waals surface area (Å²) in [6, 6.07) is 15.7. The Morgan fingerprint density at radius 3 is 2.12 bits per heavy atom. The monoisotopic (exact) mass is 457 g/mol. The number of hydrogen-bond donors (Lipinski definition) is 3. The standard InChI is InChI=1S/C24H31N3O4S/c1-17(2)19-12-14-22(15-13-19)32(30,31)25-16-18-8-10-21(11-9-18)24(29)27-26-23(28)20-6-4-3-5-7-20/h3-7,12-15,17-18,21,25H,8-11,16H2,1-2H3,(H,26,28)(H,27,29). The molecule has 3 N–H and O–H groups in total. The topological polar surface area (TPSA) is 104 Å². The van der Waals surface area contributed by atoms with Gasteiger partial charge < -0.3 is 0 Å². The Hall–Kier alpha value is -2.71. The average molecular weight is 458 g/mol. The molecule has 1 aliphatic rings. The number of benzene rings is 2. The van der Waals surface area contributed by atoms with Crippen LogP contribution in [-0.4, -0.2) is 26.8 Å². The molecule has 172 valence electrons. The van der Waals surface area contributed by atoms with Crippen molar-refractivity contribution < 1.29 is 18.0 Å². The lowest BCUT2D eigenvalue weighted by molar-refractivity contribution is -0.127. The van der Waals surface area contributed by atoms with Crippen LogP contribution in [0.15, 0.2) is 59.5 Å². The Bertz CT molecular complexity index is 1010. The molecule has 8 heteroatoms. The number of rotatable bonds is 7. The Balaban J connectivity index is 1.42. The molecule has 32 heavy (non-hydrogen) atoms. The third-order valence-corrected chi connectivity index (χ3v) is 7.41. The summed E-state index contributed by atoms with van der Waals surface area (Å²) in [5.74, 6) is -0.231. The van der Waals surface area contributed by atoms with Gasteiger partial charge in [-0.1, -0.05) is 44.2 Å². The van der Waals surface area contributed by atoms with E-state index in [1.54, 1.807) is 36.4 Å². The van der Waals surface area contributed by atoms with Gasteiger partial charge in [-0.05, 0) is 67.3 Å². The lowest BCUT2D eigenvalue weighted by Crippen LogP contribution is -2.45. The van der Waals surface area contributed by atoms with Crippen LogP contribution in [0.1, 0.15) is 61.4 Å². The second-order valence-electron chi connectivity index (χ2n) is 8.60. The maximum Gasteiger partial charge on any atom is 0.269 e. The normalized spacial score (nSPS) is 18.8. The Labute approximate surface area is 190 Å². The van der Waals surface area contributed by atoms with Gasteiger partial charge in [0, 0.05) is 18.0 Å². The van der Waals surface area contributed by atoms with E-state index in [0.717, 1.165) is 18.4 Å². The summed E-state index contributed by atoms with van der Waals surface area (Å²) in [4.78, 5) is 24.7. The molecule has 3 rings (SSSR count). The molecule has 0 bridgehead atoms. The summed E-state index contributed by atoms with van der Waals surface area (Å²) in [5.41, 5.74) is 6.53. The number of hydrazine groups is 1. The largest absolute Gasteiger partial charge is 0.273 e. The number of carbonyl (C=O) groups is 2. The summed E-state index contributed by atoms with van der Waals surface area (Å²) in [5, 5.41) is 0. The van der Waals surface area contributed by atoms with Crippen molar-refractivity contribution in [2.45, 2.75) is 50.3 Å². The van der Waals surface area contributed by atoms with Crippen molar-refractivity contribution in [3.8, 4) is 0 Å². The van der Waals surface area contributed by atoms with Crippen LogP contribution in [0.25, 0.3) is 0 Å². The van der Waals surface area contributed by atoms with E-state index in [0.29, 0.717) is 30.9 Å². The van der Waals surface area contributed by atoms with Crippen molar-refractivity contribution in [1.29, 1.82) is 0 Å². The summed E-state index contributed by atoms with van der Waals surface area (Å²) >= 11 is 0. The Kier molecular flexibility index (Phi) is 8.04. The summed E-state index contributed by atoms with van der Waals surface area (Å²) in [6.07, 6.45) is 2.81. The van der Waals surface area contributed by atoms with Crippen LogP contribution >= 0.6 is 0 Å². The van der Waals surface area contributed by atoms with Gasteiger partial charge in [-0.3, -0.25) is 20.4 Å². The zero-order valence-corrected chi connectivity index (χ0v) is 19.3. The Morgan fingerprint density at radius 2 is 1.53 bits per heavy atom. The third-order valence-electron chi connectivity index (χ3n) is 5.97. The third kappa shape index (κ3) is 6.40. The molecule has 0 aromatic heterocycles. The quantitative estimate of drug-likeness (QED) is 0.555. The smallest absolute Gasteiger partial charge is 0.269 e. The molecule has 0 saturated heterocycles. The molecular weight excluding hydrogens is 426 g/mol. The molecule has 0 radical (unpaired) electrons. The van der Waals surface area contributed by atoms with Crippen LogP contribution in [0.5, 0.6) is 0 Å². The SMILES string of the molecule is CC(C)c1ccc(S(=O)(=O)NCC2CCC(C(=O)NNC(=O)c3ccccc3)CC2)cc1. The fraction of sp³-hybridized carbons (Fsp3) is 0.417. The van der Waals surface area contributed by atoms with Crippen LogP contribution in [0.4, 0.5) is 0 Å². The number of sulfonamides is 1. The first-order valence-electron chi connectivity index (χ1n) is 11.0. The fourth-order valence-corrected chi connectivity index (χ4v) is 4.97. The van der Waals surface area contributed by atoms with Gasteiger partial charge >= 0.3 is 0 Å². The van der Waals surface area contributed by atoms with Gasteiger partial charge in [0.2, 0.25) is 15.9 Å². The van der Waals surface area contributed by atoms with Crippen molar-refractivity contribution in [3.05, 3.63) is 65.7 Å². The van der Waals surface area contributed by atoms with E-state index in [2.05, 4.69) is 29.4 Å². The zero-order chi connectivity index (χ0) is 23.1. The summed E-state index contributed by atoms with van der Waals surface area (Å²) in [7, 11) is -3.55. The lowest BCUT2D eigenvalue weighted by atomic mass is 9.82. The van der Waals surface area contributed by atoms with Gasteiger partial charge in [0.1, 0.15) is 0 Å². The number of amides is 2. The molecular formula is C24H31N3O4S. The number of hydrogen-bond acceptors (Lipinski definition) is 4. The highest BCUT2D eigenvalue weighted by molar-refractivity contribution is 7.89. The zero-order valence-electron chi connectivity index (χ0n) is 18.5. The second-order valence-corrected chi connectivity index (χ2v) is 10.4. The van der Waals surface area contributed by atoms with Crippen LogP contribution in [0.2, 0.25) is 0 Å². The molecule has 1 aliphatic carbocycles. The predicted molar refractivity (Wildman–Crippen MR) is 123 cm³/mol. The van der Waals surface area contributed by atoms with Gasteiger partial charge in [-0.15, -0.1) is 0 Å². The highest BCUT2D eigenvalue weighted by Gasteiger charge is 2.27. The van der Waals surface area contributed by atoms with E-state index >= 15 is 0 Å². The predicted octanol–water partition coefficient (Wildman–Crippen LogP) is 3.36. The minimum atomic E-state index is -3.55. The van der Waals surface area contributed by atoms with Crippen LogP contribution in [0, 0.1) is 11.8 Å². The molecule has 2 aromatic carbocycles. The average Bonchev–Trinajstić information content (AvgIpc) is 2.82. The van der Waals surface area contributed by atoms with Crippen LogP contribution < -0.4 is 15.6 Å². The van der Waals surface area contributed by atoms with Crippen molar-refractivity contribution in [2.24, 2.45) is 11.8 Å². The van der Waals surface area contributed by atoms with Crippen LogP contribution in [-0.2, 0) is 14.8 Å². The van der Waals surface area contributed by atoms with Crippen molar-refractivity contribution in [2.75, 3.05) is 6.54 Å². The van der Waals surface area contributed by atoms with E-state index in [4.69, 9.17) is 0 Å². The molecule has 0 atom stereocenters. The van der Waals surface area contributed by atoms with E-state index in [9.17, 15) is 18.0 Å². The summed E-state index contributed by atoms with van der Waals surface area (Å²) < 4.78 is 27.9. The molecule has 2 aromatic rings. The van der Waals surface area contributed by atoms with Gasteiger partial charge in [0.25, 0.3) is 5.91 Å². The molecule has 0 spiro atoms. The first kappa shape index (κ1) is 23.9. The molecule has 0 unspecified atom stereocenters. The highest BCUT2D eigenvalue weighted by atomic mass is 32.2. The first-order valence-corrected chi connectivity index (χ1v) is 12.5. The minimum Gasteiger partial charge on any atom is -0.273 e. The highest BCUT2D eigenvalue weighted by Crippen LogP contribution is 2.29. The molecule has 1 saturated carbocycles. The van der Waals surface area contributed by atoms with Gasteiger partial charge in [-0.2, -0.15) is 0 Å². The molecule has 0 heterocycles. The van der Waals surface area contributed by atoms with Crippen molar-refractivity contribution in [3.63, 3.8) is 0 Å². The molecule has 2 amide bonds. The molecule has 0 aliphatic heterocycles. The van der Waals surface area contributed by atoms with E-state index in [1.165, 1.54) is 0 Å². The van der Waals surface area contributed by atoms with Crippen LogP contribution in [0.3, 0.4) is 0 Å². The molecule has 7 nitrogen and oxygen atoms in total. The van der Waals surface area contributed by atoms with Crippen molar-refractivity contribution in [1.82, 2.24) is 15.6 Å². The van der Waals surface area contributed by atoms with E-state index < -0.39 is 10.0 Å². The van der Waals surface area contributed by atoms with E-state index in [-0.39, 0.29) is 28.5 Å². The van der Waals surface area contributed by atoms with Gasteiger partial charge in [0.15, 0.2) is 0 Å². The first-order chi connectivity index (χ1) is 15.3. The second kappa shape index (κ2) is 10.7. The summed E-state index contributed by atoms with van der Waals surface area (Å²) in [6.45, 7) is 4.48. The Morgan fingerprint density at radius 1 is 0.906 bits per heavy atom.